The van der Waals surface area contributed by atoms with Crippen molar-refractivity contribution in [3.05, 3.63) is 79.7 Å². The van der Waals surface area contributed by atoms with Crippen molar-refractivity contribution in [2.45, 2.75) is 38.8 Å². The number of alkyl halides is 3. The van der Waals surface area contributed by atoms with Gasteiger partial charge < -0.3 is 24.2 Å². The Hall–Kier alpha value is -3.71. The number of fused-ring (bicyclic) bond motifs is 1. The number of aromatic nitrogens is 4. The second-order valence-electron chi connectivity index (χ2n) is 12.3. The van der Waals surface area contributed by atoms with Crippen LogP contribution in [0.25, 0.3) is 21.3 Å². The summed E-state index contributed by atoms with van der Waals surface area (Å²) in [7, 11) is 2.12. The molecule has 1 aliphatic rings. The number of ether oxygens (including phenoxy) is 3. The summed E-state index contributed by atoms with van der Waals surface area (Å²) in [5.74, 6) is -0.277. The lowest BCUT2D eigenvalue weighted by Crippen LogP contribution is -2.45. The summed E-state index contributed by atoms with van der Waals surface area (Å²) in [6, 6.07) is 11.9. The zero-order valence-corrected chi connectivity index (χ0v) is 31.9. The highest BCUT2D eigenvalue weighted by Gasteiger charge is 2.30. The van der Waals surface area contributed by atoms with Crippen LogP contribution in [0.1, 0.15) is 16.8 Å². The zero-order valence-electron chi connectivity index (χ0n) is 28.2. The fraction of sp³-hybridized carbons (Fsp3) is 0.371. The third-order valence-corrected chi connectivity index (χ3v) is 11.3. The first-order chi connectivity index (χ1) is 24.9. The largest absolute Gasteiger partial charge is 0.491 e. The zero-order chi connectivity index (χ0) is 37.0. The molecule has 1 atom stereocenters. The number of aliphatic carboxylic acids is 1. The Morgan fingerprint density at radius 3 is 2.60 bits per heavy atom. The lowest BCUT2D eigenvalue weighted by molar-refractivity contribution is -0.145. The van der Waals surface area contributed by atoms with Gasteiger partial charge in [0.2, 0.25) is 12.0 Å². The normalized spacial score (nSPS) is 14.8. The van der Waals surface area contributed by atoms with E-state index >= 15 is 0 Å². The Balaban J connectivity index is 1.21. The van der Waals surface area contributed by atoms with Crippen molar-refractivity contribution >= 4 is 61.7 Å². The molecular weight excluding hydrogens is 836 g/mol. The van der Waals surface area contributed by atoms with Crippen molar-refractivity contribution in [3.63, 3.8) is 0 Å². The van der Waals surface area contributed by atoms with Crippen molar-refractivity contribution < 1.29 is 37.3 Å². The van der Waals surface area contributed by atoms with Crippen LogP contribution < -0.4 is 14.2 Å². The summed E-state index contributed by atoms with van der Waals surface area (Å²) in [6.07, 6.45) is -3.39. The highest BCUT2D eigenvalue weighted by molar-refractivity contribution is 14.1. The van der Waals surface area contributed by atoms with Crippen LogP contribution in [0.15, 0.2) is 55.0 Å². The van der Waals surface area contributed by atoms with Crippen LogP contribution in [-0.4, -0.2) is 99.3 Å². The molecule has 0 bridgehead atoms. The van der Waals surface area contributed by atoms with Gasteiger partial charge in [-0.25, -0.2) is 14.8 Å². The third kappa shape index (κ3) is 9.07. The first-order valence-electron chi connectivity index (χ1n) is 16.3. The molecule has 0 spiro atoms. The Morgan fingerprint density at radius 2 is 1.85 bits per heavy atom. The van der Waals surface area contributed by atoms with Crippen molar-refractivity contribution in [2.75, 3.05) is 46.4 Å². The maximum atomic E-state index is 13.0. The molecule has 0 saturated carbocycles. The van der Waals surface area contributed by atoms with Gasteiger partial charge in [0.1, 0.15) is 42.4 Å². The van der Waals surface area contributed by atoms with Gasteiger partial charge in [0, 0.05) is 50.9 Å². The number of benzene rings is 2. The van der Waals surface area contributed by atoms with Gasteiger partial charge in [-0.2, -0.15) is 18.3 Å². The van der Waals surface area contributed by atoms with Gasteiger partial charge in [0.15, 0.2) is 0 Å². The maximum absolute atomic E-state index is 13.0. The minimum absolute atomic E-state index is 0.0871. The SMILES string of the molecule is Cc1c(-c2c(I)sc3ncnc(OC(Cc4ccccc4OCc4ccnn4CC(F)(F)F)C(=O)O)c23)ccc(OCCN2CCN(C)CC2)c1Cl. The Bertz CT molecular complexity index is 2040. The predicted octanol–water partition coefficient (Wildman–Crippen LogP) is 6.96. The van der Waals surface area contributed by atoms with Crippen LogP contribution in [0.5, 0.6) is 17.4 Å². The molecule has 0 amide bonds. The fourth-order valence-corrected chi connectivity index (χ4v) is 8.16. The molecule has 5 aromatic rings. The van der Waals surface area contributed by atoms with Gasteiger partial charge in [-0.1, -0.05) is 35.9 Å². The van der Waals surface area contributed by atoms with E-state index in [0.29, 0.717) is 38.9 Å². The minimum atomic E-state index is -4.45. The smallest absolute Gasteiger partial charge is 0.408 e. The van der Waals surface area contributed by atoms with E-state index in [1.807, 2.05) is 19.1 Å². The number of nitrogens with zero attached hydrogens (tertiary/aromatic N) is 6. The molecule has 11 nitrogen and oxygen atoms in total. The number of hydrogen-bond donors (Lipinski definition) is 1. The number of halogens is 5. The van der Waals surface area contributed by atoms with E-state index in [4.69, 9.17) is 25.8 Å². The molecular formula is C35H35ClF3IN6O5S. The van der Waals surface area contributed by atoms with E-state index in [1.165, 1.54) is 29.9 Å². The Morgan fingerprint density at radius 1 is 1.08 bits per heavy atom. The minimum Gasteiger partial charge on any atom is -0.491 e. The number of carboxylic acids is 1. The number of hydrogen-bond acceptors (Lipinski definition) is 10. The average Bonchev–Trinajstić information content (AvgIpc) is 3.68. The molecule has 3 aromatic heterocycles. The lowest BCUT2D eigenvalue weighted by atomic mass is 10.0. The van der Waals surface area contributed by atoms with Crippen molar-refractivity contribution in [2.24, 2.45) is 0 Å². The predicted molar refractivity (Wildman–Crippen MR) is 200 cm³/mol. The highest BCUT2D eigenvalue weighted by Crippen LogP contribution is 2.46. The van der Waals surface area contributed by atoms with Crippen LogP contribution >= 0.6 is 45.5 Å². The van der Waals surface area contributed by atoms with Crippen LogP contribution in [0.2, 0.25) is 5.02 Å². The Kier molecular flexibility index (Phi) is 12.1. The van der Waals surface area contributed by atoms with E-state index < -0.39 is 24.8 Å². The van der Waals surface area contributed by atoms with Gasteiger partial charge in [0.25, 0.3) is 0 Å². The maximum Gasteiger partial charge on any atom is 0.408 e. The van der Waals surface area contributed by atoms with Gasteiger partial charge >= 0.3 is 12.1 Å². The molecule has 4 heterocycles. The van der Waals surface area contributed by atoms with E-state index in [0.717, 1.165) is 57.0 Å². The number of carboxylic acid groups (broad SMARTS) is 1. The molecule has 276 valence electrons. The summed E-state index contributed by atoms with van der Waals surface area (Å²) in [5.41, 5.74) is 3.04. The molecule has 0 radical (unpaired) electrons. The van der Waals surface area contributed by atoms with E-state index in [9.17, 15) is 23.1 Å². The summed E-state index contributed by atoms with van der Waals surface area (Å²) in [5, 5.41) is 15.1. The van der Waals surface area contributed by atoms with E-state index in [1.54, 1.807) is 24.3 Å². The molecule has 1 fully saturated rings. The summed E-state index contributed by atoms with van der Waals surface area (Å²) >= 11 is 10.5. The van der Waals surface area contributed by atoms with Crippen LogP contribution in [-0.2, 0) is 24.4 Å². The van der Waals surface area contributed by atoms with Gasteiger partial charge in [-0.15, -0.1) is 11.3 Å². The molecule has 1 saturated heterocycles. The molecule has 52 heavy (non-hydrogen) atoms. The molecule has 1 unspecified atom stereocenters. The third-order valence-electron chi connectivity index (χ3n) is 8.71. The number of carbonyl (C=O) groups is 1. The van der Waals surface area contributed by atoms with Crippen LogP contribution in [0.3, 0.4) is 0 Å². The first kappa shape index (κ1) is 38.0. The van der Waals surface area contributed by atoms with Gasteiger partial charge in [-0.05, 0) is 71.5 Å². The lowest BCUT2D eigenvalue weighted by Gasteiger charge is -2.32. The van der Waals surface area contributed by atoms with Crippen molar-refractivity contribution in [1.82, 2.24) is 29.5 Å². The van der Waals surface area contributed by atoms with Crippen LogP contribution in [0, 0.1) is 9.81 Å². The molecule has 2 aromatic carbocycles. The second kappa shape index (κ2) is 16.5. The average molecular weight is 871 g/mol. The molecule has 6 rings (SSSR count). The topological polar surface area (TPSA) is 115 Å². The summed E-state index contributed by atoms with van der Waals surface area (Å²) in [4.78, 5) is 26.7. The first-order valence-corrected chi connectivity index (χ1v) is 18.6. The van der Waals surface area contributed by atoms with Crippen molar-refractivity contribution in [3.8, 4) is 28.5 Å². The van der Waals surface area contributed by atoms with Crippen molar-refractivity contribution in [1.29, 1.82) is 0 Å². The molecule has 0 aliphatic carbocycles. The van der Waals surface area contributed by atoms with Gasteiger partial charge in [-0.3, -0.25) is 9.58 Å². The Labute approximate surface area is 320 Å². The van der Waals surface area contributed by atoms with Crippen LogP contribution in [0.4, 0.5) is 13.2 Å². The summed E-state index contributed by atoms with van der Waals surface area (Å²) in [6.45, 7) is 5.77. The van der Waals surface area contributed by atoms with E-state index in [-0.39, 0.29) is 24.6 Å². The summed E-state index contributed by atoms with van der Waals surface area (Å²) < 4.78 is 58.9. The standard InChI is InChI=1S/C35H35ClF3IN6O5S/c1-21-24(7-8-26(30(21)36)49-16-15-45-13-11-44(2)12-14-45)28-29-32(41-20-42-33(29)52-31(28)40)51-27(34(47)48)17-22-5-3-4-6-25(22)50-18-23-9-10-43-46(23)19-35(37,38)39/h3-10,20,27H,11-19H2,1-2H3,(H,47,48). The second-order valence-corrected chi connectivity index (χ2v) is 15.5. The molecule has 1 aliphatic heterocycles. The number of likely N-dealkylation sites (N-methyl/N-ethyl adjacent to an activating group) is 1. The van der Waals surface area contributed by atoms with Gasteiger partial charge in [0.05, 0.1) is 19.0 Å². The fourth-order valence-electron chi connectivity index (χ4n) is 5.88. The number of rotatable bonds is 14. The number of thiophene rings is 1. The monoisotopic (exact) mass is 870 g/mol. The quantitative estimate of drug-likeness (QED) is 0.118. The van der Waals surface area contributed by atoms with E-state index in [2.05, 4.69) is 54.5 Å². The molecule has 1 N–H and O–H groups in total. The number of piperazine rings is 1. The number of para-hydroxylation sites is 1. The highest BCUT2D eigenvalue weighted by atomic mass is 127. The molecule has 17 heteroatoms.